The second-order valence-corrected chi connectivity index (χ2v) is 6.75. The van der Waals surface area contributed by atoms with Crippen LogP contribution >= 0.6 is 22.6 Å². The molecule has 2 atom stereocenters. The van der Waals surface area contributed by atoms with E-state index in [9.17, 15) is 5.11 Å². The van der Waals surface area contributed by atoms with E-state index in [2.05, 4.69) is 41.5 Å². The Hall–Kier alpha value is -0.880. The molecule has 0 bridgehead atoms. The molecular formula is C16H21IN2O. The molecule has 0 amide bonds. The third-order valence-electron chi connectivity index (χ3n) is 3.70. The van der Waals surface area contributed by atoms with Crippen LogP contribution in [0.2, 0.25) is 0 Å². The topological polar surface area (TPSA) is 38.0 Å². The first-order valence-electron chi connectivity index (χ1n) is 6.95. The highest BCUT2D eigenvalue weighted by Gasteiger charge is 2.24. The molecule has 0 aliphatic carbocycles. The van der Waals surface area contributed by atoms with Gasteiger partial charge in [0.15, 0.2) is 0 Å². The summed E-state index contributed by atoms with van der Waals surface area (Å²) in [5.41, 5.74) is 0.962. The van der Waals surface area contributed by atoms with Gasteiger partial charge in [0.25, 0.3) is 0 Å². The quantitative estimate of drug-likeness (QED) is 0.794. The number of benzene rings is 1. The predicted octanol–water partition coefficient (Wildman–Crippen LogP) is 3.91. The molecule has 0 saturated heterocycles. The number of rotatable bonds is 5. The van der Waals surface area contributed by atoms with Gasteiger partial charge in [0, 0.05) is 22.2 Å². The van der Waals surface area contributed by atoms with Gasteiger partial charge in [0.2, 0.25) is 0 Å². The summed E-state index contributed by atoms with van der Waals surface area (Å²) in [6, 6.07) is 10.4. The van der Waals surface area contributed by atoms with E-state index in [4.69, 9.17) is 0 Å². The Morgan fingerprint density at radius 3 is 2.55 bits per heavy atom. The number of aliphatic hydroxyl groups is 1. The van der Waals surface area contributed by atoms with Gasteiger partial charge in [-0.05, 0) is 66.6 Å². The summed E-state index contributed by atoms with van der Waals surface area (Å²) in [4.78, 5) is 0. The van der Waals surface area contributed by atoms with Crippen molar-refractivity contribution in [2.75, 3.05) is 0 Å². The Morgan fingerprint density at radius 2 is 1.95 bits per heavy atom. The lowest BCUT2D eigenvalue weighted by Crippen LogP contribution is -2.24. The molecule has 4 heteroatoms. The van der Waals surface area contributed by atoms with Gasteiger partial charge in [-0.25, -0.2) is 0 Å². The van der Waals surface area contributed by atoms with Crippen molar-refractivity contribution in [1.29, 1.82) is 0 Å². The highest BCUT2D eigenvalue weighted by molar-refractivity contribution is 14.1. The van der Waals surface area contributed by atoms with Crippen molar-refractivity contribution in [1.82, 2.24) is 9.78 Å². The highest BCUT2D eigenvalue weighted by atomic mass is 127. The minimum Gasteiger partial charge on any atom is -0.385 e. The molecule has 1 aromatic carbocycles. The van der Waals surface area contributed by atoms with Gasteiger partial charge >= 0.3 is 0 Å². The minimum atomic E-state index is -0.890. The summed E-state index contributed by atoms with van der Waals surface area (Å²) in [6.07, 6.45) is 3.57. The average Bonchev–Trinajstić information content (AvgIpc) is 2.86. The maximum absolute atomic E-state index is 10.7. The monoisotopic (exact) mass is 384 g/mol. The van der Waals surface area contributed by atoms with Crippen LogP contribution < -0.4 is 0 Å². The Morgan fingerprint density at radius 1 is 1.30 bits per heavy atom. The molecule has 2 unspecified atom stereocenters. The first-order valence-corrected chi connectivity index (χ1v) is 8.02. The van der Waals surface area contributed by atoms with Crippen LogP contribution in [0.1, 0.15) is 44.5 Å². The summed E-state index contributed by atoms with van der Waals surface area (Å²) < 4.78 is 3.14. The Balaban J connectivity index is 2.15. The third kappa shape index (κ3) is 3.61. The van der Waals surface area contributed by atoms with Crippen molar-refractivity contribution >= 4 is 22.6 Å². The maximum atomic E-state index is 10.7. The van der Waals surface area contributed by atoms with Crippen molar-refractivity contribution in [3.63, 3.8) is 0 Å². The summed E-state index contributed by atoms with van der Waals surface area (Å²) in [6.45, 7) is 6.14. The van der Waals surface area contributed by atoms with Crippen LogP contribution in [0.15, 0.2) is 36.5 Å². The number of nitrogens with zero attached hydrogens (tertiary/aromatic N) is 2. The number of aromatic nitrogens is 2. The molecule has 1 heterocycles. The van der Waals surface area contributed by atoms with Gasteiger partial charge in [-0.1, -0.05) is 19.1 Å². The molecule has 2 aromatic rings. The normalized spacial score (nSPS) is 15.8. The molecule has 108 valence electrons. The van der Waals surface area contributed by atoms with E-state index in [1.807, 2.05) is 48.1 Å². The van der Waals surface area contributed by atoms with E-state index in [1.54, 1.807) is 0 Å². The minimum absolute atomic E-state index is 0.395. The van der Waals surface area contributed by atoms with Crippen molar-refractivity contribution < 1.29 is 5.11 Å². The molecule has 0 fully saturated rings. The highest BCUT2D eigenvalue weighted by Crippen LogP contribution is 2.25. The van der Waals surface area contributed by atoms with Gasteiger partial charge in [-0.3, -0.25) is 4.68 Å². The van der Waals surface area contributed by atoms with Crippen LogP contribution in [0.25, 0.3) is 0 Å². The summed E-state index contributed by atoms with van der Waals surface area (Å²) >= 11 is 2.27. The van der Waals surface area contributed by atoms with E-state index in [-0.39, 0.29) is 0 Å². The smallest absolute Gasteiger partial charge is 0.0924 e. The van der Waals surface area contributed by atoms with E-state index in [0.717, 1.165) is 17.7 Å². The molecule has 0 saturated carbocycles. The van der Waals surface area contributed by atoms with Crippen LogP contribution in [-0.2, 0) is 12.0 Å². The summed E-state index contributed by atoms with van der Waals surface area (Å²) in [7, 11) is 0. The van der Waals surface area contributed by atoms with Gasteiger partial charge in [-0.2, -0.15) is 5.10 Å². The van der Waals surface area contributed by atoms with Crippen molar-refractivity contribution in [3.05, 3.63) is 51.4 Å². The van der Waals surface area contributed by atoms with E-state index in [0.29, 0.717) is 12.5 Å². The lowest BCUT2D eigenvalue weighted by Gasteiger charge is -2.23. The fraction of sp³-hybridized carbons (Fsp3) is 0.438. The van der Waals surface area contributed by atoms with Crippen LogP contribution in [0.4, 0.5) is 0 Å². The zero-order valence-electron chi connectivity index (χ0n) is 12.2. The average molecular weight is 384 g/mol. The lowest BCUT2D eigenvalue weighted by atomic mass is 9.91. The van der Waals surface area contributed by atoms with Gasteiger partial charge < -0.3 is 5.11 Å². The number of hydrogen-bond donors (Lipinski definition) is 1. The Kier molecular flexibility index (Phi) is 4.86. The summed E-state index contributed by atoms with van der Waals surface area (Å²) in [5.74, 6) is 0. The molecule has 1 N–H and O–H groups in total. The fourth-order valence-corrected chi connectivity index (χ4v) is 2.53. The largest absolute Gasteiger partial charge is 0.385 e. The lowest BCUT2D eigenvalue weighted by molar-refractivity contribution is 0.0563. The molecule has 2 rings (SSSR count). The zero-order chi connectivity index (χ0) is 14.8. The van der Waals surface area contributed by atoms with E-state index >= 15 is 0 Å². The standard InChI is InChI=1S/C16H21IN2O/c1-4-12(2)19-10-9-15(18-19)11-16(3,20)13-5-7-14(17)8-6-13/h5-10,12,20H,4,11H2,1-3H3. The Bertz CT molecular complexity index is 560. The molecule has 0 spiro atoms. The van der Waals surface area contributed by atoms with Gasteiger partial charge in [0.1, 0.15) is 0 Å². The molecule has 0 aliphatic rings. The fourth-order valence-electron chi connectivity index (χ4n) is 2.17. The van der Waals surface area contributed by atoms with Crippen LogP contribution in [0, 0.1) is 3.57 Å². The van der Waals surface area contributed by atoms with Crippen molar-refractivity contribution in [2.24, 2.45) is 0 Å². The van der Waals surface area contributed by atoms with Crippen molar-refractivity contribution in [3.8, 4) is 0 Å². The number of halogens is 1. The molecule has 20 heavy (non-hydrogen) atoms. The van der Waals surface area contributed by atoms with Crippen LogP contribution in [0.3, 0.4) is 0 Å². The second-order valence-electron chi connectivity index (χ2n) is 5.50. The van der Waals surface area contributed by atoms with E-state index in [1.165, 1.54) is 3.57 Å². The molecular weight excluding hydrogens is 363 g/mol. The second kappa shape index (κ2) is 6.26. The van der Waals surface area contributed by atoms with E-state index < -0.39 is 5.60 Å². The molecule has 3 nitrogen and oxygen atoms in total. The number of hydrogen-bond acceptors (Lipinski definition) is 2. The maximum Gasteiger partial charge on any atom is 0.0924 e. The molecule has 0 radical (unpaired) electrons. The zero-order valence-corrected chi connectivity index (χ0v) is 14.3. The van der Waals surface area contributed by atoms with Crippen LogP contribution in [-0.4, -0.2) is 14.9 Å². The first-order chi connectivity index (χ1) is 9.42. The van der Waals surface area contributed by atoms with Gasteiger partial charge in [-0.15, -0.1) is 0 Å². The van der Waals surface area contributed by atoms with Gasteiger partial charge in [0.05, 0.1) is 11.3 Å². The summed E-state index contributed by atoms with van der Waals surface area (Å²) in [5, 5.41) is 15.2. The third-order valence-corrected chi connectivity index (χ3v) is 4.42. The SMILES string of the molecule is CCC(C)n1ccc(CC(C)(O)c2ccc(I)cc2)n1. The Labute approximate surface area is 134 Å². The molecule has 1 aromatic heterocycles. The first kappa shape index (κ1) is 15.5. The molecule has 0 aliphatic heterocycles. The van der Waals surface area contributed by atoms with Crippen molar-refractivity contribution in [2.45, 2.75) is 45.3 Å². The van der Waals surface area contributed by atoms with Crippen LogP contribution in [0.5, 0.6) is 0 Å². The predicted molar refractivity (Wildman–Crippen MR) is 89.7 cm³/mol.